The molecule has 0 radical (unpaired) electrons. The molecule has 0 bridgehead atoms. The molecule has 2 aliphatic rings. The lowest BCUT2D eigenvalue weighted by Gasteiger charge is -2.28. The molecule has 1 aliphatic carbocycles. The van der Waals surface area contributed by atoms with Crippen LogP contribution < -0.4 is 25.3 Å². The van der Waals surface area contributed by atoms with Crippen molar-refractivity contribution in [2.75, 3.05) is 20.3 Å². The molecule has 12 heteroatoms. The van der Waals surface area contributed by atoms with Gasteiger partial charge in [-0.1, -0.05) is 0 Å². The maximum atomic E-state index is 14.0. The van der Waals surface area contributed by atoms with Crippen LogP contribution in [0, 0.1) is 5.82 Å². The first-order chi connectivity index (χ1) is 18.8. The third-order valence-electron chi connectivity index (χ3n) is 6.91. The fourth-order valence-corrected chi connectivity index (χ4v) is 4.31. The van der Waals surface area contributed by atoms with E-state index in [1.54, 1.807) is 6.07 Å². The van der Waals surface area contributed by atoms with Crippen LogP contribution in [-0.4, -0.2) is 48.5 Å². The molecule has 0 spiro atoms. The van der Waals surface area contributed by atoms with Gasteiger partial charge in [0.05, 0.1) is 25.5 Å². The lowest BCUT2D eigenvalue weighted by atomic mass is 9.88. The lowest BCUT2D eigenvalue weighted by molar-refractivity contribution is -0.191. The van der Waals surface area contributed by atoms with Crippen molar-refractivity contribution in [2.45, 2.75) is 43.2 Å². The van der Waals surface area contributed by atoms with Crippen LogP contribution in [0.3, 0.4) is 0 Å². The van der Waals surface area contributed by atoms with E-state index in [-0.39, 0.29) is 34.4 Å². The normalized spacial score (nSPS) is 19.8. The average Bonchev–Trinajstić information content (AvgIpc) is 3.67. The van der Waals surface area contributed by atoms with Gasteiger partial charge in [0.1, 0.15) is 23.7 Å². The maximum absolute atomic E-state index is 14.0. The first-order valence-corrected chi connectivity index (χ1v) is 12.5. The number of nitrogens with one attached hydrogen (secondary N) is 1. The SMILES string of the molecule is COc1cc(C(=O)NCC(C)(O)c2cc3c(c(-c4ccc(F)cc4)n2)OCC3(N)C(F)(F)F)ccc1OC1CC1. The summed E-state index contributed by atoms with van der Waals surface area (Å²) < 4.78 is 72.1. The molecular formula is C28H27F4N3O5. The van der Waals surface area contributed by atoms with Crippen LogP contribution >= 0.6 is 0 Å². The molecule has 1 saturated carbocycles. The minimum atomic E-state index is -4.88. The summed E-state index contributed by atoms with van der Waals surface area (Å²) >= 11 is 0. The Morgan fingerprint density at radius 3 is 2.50 bits per heavy atom. The number of hydrogen-bond donors (Lipinski definition) is 3. The number of amides is 1. The van der Waals surface area contributed by atoms with Crippen LogP contribution in [0.1, 0.15) is 41.4 Å². The zero-order valence-corrected chi connectivity index (χ0v) is 21.6. The fraction of sp³-hybridized carbons (Fsp3) is 0.357. The second kappa shape index (κ2) is 9.93. The Balaban J connectivity index is 1.45. The summed E-state index contributed by atoms with van der Waals surface area (Å²) in [5.41, 5.74) is 0.796. The Morgan fingerprint density at radius 2 is 1.88 bits per heavy atom. The maximum Gasteiger partial charge on any atom is 0.414 e. The highest BCUT2D eigenvalue weighted by Crippen LogP contribution is 2.49. The molecule has 1 fully saturated rings. The number of halogens is 4. The molecule has 8 nitrogen and oxygen atoms in total. The third-order valence-corrected chi connectivity index (χ3v) is 6.91. The topological polar surface area (TPSA) is 116 Å². The van der Waals surface area contributed by atoms with E-state index < -0.39 is 47.8 Å². The first kappa shape index (κ1) is 27.7. The number of alkyl halides is 3. The number of fused-ring (bicyclic) bond motifs is 1. The molecule has 5 rings (SSSR count). The van der Waals surface area contributed by atoms with Gasteiger partial charge in [-0.2, -0.15) is 13.2 Å². The van der Waals surface area contributed by atoms with E-state index >= 15 is 0 Å². The number of nitrogens with zero attached hydrogens (tertiary/aromatic N) is 1. The highest BCUT2D eigenvalue weighted by molar-refractivity contribution is 5.95. The summed E-state index contributed by atoms with van der Waals surface area (Å²) in [5, 5.41) is 13.9. The van der Waals surface area contributed by atoms with E-state index in [9.17, 15) is 27.5 Å². The van der Waals surface area contributed by atoms with E-state index in [1.165, 1.54) is 38.3 Å². The monoisotopic (exact) mass is 561 g/mol. The molecule has 2 unspecified atom stereocenters. The summed E-state index contributed by atoms with van der Waals surface area (Å²) in [7, 11) is 1.45. The number of aliphatic hydroxyl groups is 1. The van der Waals surface area contributed by atoms with Gasteiger partial charge in [-0.05, 0) is 68.3 Å². The minimum absolute atomic E-state index is 0.0494. The second-order valence-corrected chi connectivity index (χ2v) is 10.1. The van der Waals surface area contributed by atoms with Crippen molar-refractivity contribution >= 4 is 5.91 Å². The van der Waals surface area contributed by atoms with E-state index in [2.05, 4.69) is 10.3 Å². The Hall–Kier alpha value is -3.90. The largest absolute Gasteiger partial charge is 0.493 e. The standard InChI is InChI=1S/C28H27F4N3O5/c1-26(37,13-34-25(36)16-5-10-20(21(11-16)38-2)40-18-8-9-18)22-12-19-24(39-14-27(19,33)28(30,31)32)23(35-22)15-3-6-17(29)7-4-15/h3-7,10-12,18,37H,8-9,13-14,33H2,1-2H3,(H,34,36). The number of methoxy groups -OCH3 is 1. The minimum Gasteiger partial charge on any atom is -0.493 e. The highest BCUT2D eigenvalue weighted by atomic mass is 19.4. The predicted octanol–water partition coefficient (Wildman–Crippen LogP) is 4.18. The fourth-order valence-electron chi connectivity index (χ4n) is 4.31. The number of nitrogens with two attached hydrogens (primary N) is 1. The predicted molar refractivity (Wildman–Crippen MR) is 136 cm³/mol. The number of hydrogen-bond acceptors (Lipinski definition) is 7. The Kier molecular flexibility index (Phi) is 6.87. The van der Waals surface area contributed by atoms with E-state index in [1.807, 2.05) is 0 Å². The molecule has 1 aliphatic heterocycles. The van der Waals surface area contributed by atoms with Crippen LogP contribution in [-0.2, 0) is 11.1 Å². The van der Waals surface area contributed by atoms with E-state index in [0.717, 1.165) is 31.0 Å². The molecular weight excluding hydrogens is 534 g/mol. The van der Waals surface area contributed by atoms with Crippen LogP contribution in [0.15, 0.2) is 48.5 Å². The van der Waals surface area contributed by atoms with Crippen LogP contribution in [0.5, 0.6) is 17.2 Å². The number of carbonyl (C=O) groups excluding carboxylic acids is 1. The van der Waals surface area contributed by atoms with Gasteiger partial charge in [0, 0.05) is 16.7 Å². The summed E-state index contributed by atoms with van der Waals surface area (Å²) in [5.74, 6) is -0.471. The molecule has 1 aromatic heterocycles. The van der Waals surface area contributed by atoms with Gasteiger partial charge in [-0.25, -0.2) is 9.37 Å². The molecule has 0 saturated heterocycles. The smallest absolute Gasteiger partial charge is 0.414 e. The van der Waals surface area contributed by atoms with E-state index in [4.69, 9.17) is 19.9 Å². The van der Waals surface area contributed by atoms with Crippen molar-refractivity contribution in [1.82, 2.24) is 10.3 Å². The van der Waals surface area contributed by atoms with Crippen molar-refractivity contribution in [3.05, 3.63) is 71.2 Å². The molecule has 3 aromatic rings. The molecule has 1 amide bonds. The van der Waals surface area contributed by atoms with Gasteiger partial charge < -0.3 is 30.4 Å². The highest BCUT2D eigenvalue weighted by Gasteiger charge is 2.59. The van der Waals surface area contributed by atoms with Gasteiger partial charge in [0.25, 0.3) is 5.91 Å². The summed E-state index contributed by atoms with van der Waals surface area (Å²) in [4.78, 5) is 17.3. The molecule has 2 heterocycles. The number of carbonyl (C=O) groups is 1. The average molecular weight is 562 g/mol. The van der Waals surface area contributed by atoms with Gasteiger partial charge >= 0.3 is 6.18 Å². The third kappa shape index (κ3) is 5.16. The van der Waals surface area contributed by atoms with Crippen LogP contribution in [0.4, 0.5) is 17.6 Å². The zero-order chi connectivity index (χ0) is 28.9. The zero-order valence-electron chi connectivity index (χ0n) is 21.6. The first-order valence-electron chi connectivity index (χ1n) is 12.5. The number of ether oxygens (including phenoxy) is 3. The Labute approximate surface area is 227 Å². The van der Waals surface area contributed by atoms with Crippen LogP contribution in [0.25, 0.3) is 11.3 Å². The second-order valence-electron chi connectivity index (χ2n) is 10.1. The summed E-state index contributed by atoms with van der Waals surface area (Å²) in [6.45, 7) is -0.00883. The number of pyridine rings is 1. The van der Waals surface area contributed by atoms with Crippen molar-refractivity contribution < 1.29 is 41.7 Å². The van der Waals surface area contributed by atoms with Gasteiger partial charge in [0.15, 0.2) is 22.8 Å². The Bertz CT molecular complexity index is 1440. The number of rotatable bonds is 8. The van der Waals surface area contributed by atoms with Crippen LogP contribution in [0.2, 0.25) is 0 Å². The quantitative estimate of drug-likeness (QED) is 0.354. The number of benzene rings is 2. The van der Waals surface area contributed by atoms with Crippen molar-refractivity contribution in [2.24, 2.45) is 5.73 Å². The molecule has 212 valence electrons. The Morgan fingerprint density at radius 1 is 1.18 bits per heavy atom. The van der Waals surface area contributed by atoms with Gasteiger partial charge in [-0.3, -0.25) is 4.79 Å². The van der Waals surface area contributed by atoms with Crippen molar-refractivity contribution in [1.29, 1.82) is 0 Å². The molecule has 2 atom stereocenters. The van der Waals surface area contributed by atoms with Crippen molar-refractivity contribution in [3.8, 4) is 28.5 Å². The number of aromatic nitrogens is 1. The van der Waals surface area contributed by atoms with Gasteiger partial charge in [-0.15, -0.1) is 0 Å². The summed E-state index contributed by atoms with van der Waals surface area (Å²) in [6, 6.07) is 10.6. The lowest BCUT2D eigenvalue weighted by Crippen LogP contribution is -2.52. The molecule has 4 N–H and O–H groups in total. The van der Waals surface area contributed by atoms with Crippen molar-refractivity contribution in [3.63, 3.8) is 0 Å². The van der Waals surface area contributed by atoms with Gasteiger partial charge in [0.2, 0.25) is 0 Å². The molecule has 2 aromatic carbocycles. The molecule has 40 heavy (non-hydrogen) atoms. The summed E-state index contributed by atoms with van der Waals surface area (Å²) in [6.07, 6.45) is -2.87. The van der Waals surface area contributed by atoms with E-state index in [0.29, 0.717) is 11.5 Å².